The summed E-state index contributed by atoms with van der Waals surface area (Å²) in [6.45, 7) is 6.82. The highest BCUT2D eigenvalue weighted by atomic mass is 16.6. The van der Waals surface area contributed by atoms with Crippen LogP contribution in [0, 0.1) is 5.41 Å². The summed E-state index contributed by atoms with van der Waals surface area (Å²) < 4.78 is 16.4. The molecule has 0 unspecified atom stereocenters. The zero-order valence-corrected chi connectivity index (χ0v) is 19.1. The monoisotopic (exact) mass is 441 g/mol. The first-order chi connectivity index (χ1) is 15.2. The predicted molar refractivity (Wildman–Crippen MR) is 118 cm³/mol. The third kappa shape index (κ3) is 4.26. The predicted octanol–water partition coefficient (Wildman–Crippen LogP) is 3.73. The summed E-state index contributed by atoms with van der Waals surface area (Å²) in [5.74, 6) is -0.810. The first kappa shape index (κ1) is 22.4. The van der Waals surface area contributed by atoms with Gasteiger partial charge in [-0.25, -0.2) is 4.79 Å². The largest absolute Gasteiger partial charge is 0.504 e. The summed E-state index contributed by atoms with van der Waals surface area (Å²) >= 11 is 0. The zero-order chi connectivity index (χ0) is 23.0. The quantitative estimate of drug-likeness (QED) is 0.673. The lowest BCUT2D eigenvalue weighted by Gasteiger charge is -2.39. The molecule has 2 heterocycles. The Labute approximate surface area is 188 Å². The molecule has 0 bridgehead atoms. The minimum Gasteiger partial charge on any atom is -0.504 e. The molecule has 2 aliphatic heterocycles. The molecule has 2 N–H and O–H groups in total. The first-order valence-corrected chi connectivity index (χ1v) is 11.1. The van der Waals surface area contributed by atoms with E-state index in [4.69, 9.17) is 14.2 Å². The molecule has 1 aliphatic carbocycles. The number of hydrogen-bond donors (Lipinski definition) is 2. The van der Waals surface area contributed by atoms with Crippen LogP contribution in [0.1, 0.15) is 57.9 Å². The lowest BCUT2D eigenvalue weighted by molar-refractivity contribution is -0.142. The van der Waals surface area contributed by atoms with Crippen LogP contribution < -0.4 is 10.1 Å². The maximum atomic E-state index is 13.3. The van der Waals surface area contributed by atoms with Crippen molar-refractivity contribution in [2.45, 2.75) is 58.5 Å². The van der Waals surface area contributed by atoms with Crippen molar-refractivity contribution in [2.24, 2.45) is 5.41 Å². The molecule has 1 saturated heterocycles. The van der Waals surface area contributed by atoms with Gasteiger partial charge in [-0.15, -0.1) is 0 Å². The van der Waals surface area contributed by atoms with Crippen molar-refractivity contribution in [1.29, 1.82) is 0 Å². The number of Topliss-reactive ketones (excluding diaryl/α,β-unsaturated/α-hetero) is 1. The van der Waals surface area contributed by atoms with Crippen LogP contribution in [0.5, 0.6) is 11.5 Å². The molecule has 2 atom stereocenters. The summed E-state index contributed by atoms with van der Waals surface area (Å²) in [5, 5.41) is 13.7. The smallest absolute Gasteiger partial charge is 0.336 e. The number of methoxy groups -OCH3 is 1. The lowest BCUT2D eigenvalue weighted by Crippen LogP contribution is -2.39. The number of allylic oxidation sites excluding steroid dienone is 3. The van der Waals surface area contributed by atoms with Gasteiger partial charge >= 0.3 is 5.97 Å². The molecule has 0 saturated carbocycles. The Kier molecular flexibility index (Phi) is 6.03. The van der Waals surface area contributed by atoms with Crippen molar-refractivity contribution in [2.75, 3.05) is 20.3 Å². The number of phenols is 1. The number of rotatable bonds is 5. The molecule has 32 heavy (non-hydrogen) atoms. The van der Waals surface area contributed by atoms with E-state index >= 15 is 0 Å². The maximum Gasteiger partial charge on any atom is 0.336 e. The number of esters is 1. The van der Waals surface area contributed by atoms with Crippen molar-refractivity contribution < 1.29 is 28.9 Å². The molecule has 0 radical (unpaired) electrons. The average molecular weight is 442 g/mol. The number of carbonyl (C=O) groups excluding carboxylic acids is 2. The van der Waals surface area contributed by atoms with Crippen molar-refractivity contribution in [3.05, 3.63) is 46.3 Å². The highest BCUT2D eigenvalue weighted by molar-refractivity contribution is 6.04. The van der Waals surface area contributed by atoms with Crippen LogP contribution in [-0.4, -0.2) is 43.3 Å². The summed E-state index contributed by atoms with van der Waals surface area (Å²) in [6.07, 6.45) is 2.82. The molecular formula is C25H31NO6. The van der Waals surface area contributed by atoms with E-state index in [0.29, 0.717) is 47.6 Å². The summed E-state index contributed by atoms with van der Waals surface area (Å²) in [4.78, 5) is 26.6. The molecule has 0 spiro atoms. The van der Waals surface area contributed by atoms with Crippen LogP contribution in [-0.2, 0) is 19.1 Å². The van der Waals surface area contributed by atoms with E-state index in [-0.39, 0.29) is 29.7 Å². The van der Waals surface area contributed by atoms with E-state index < -0.39 is 11.9 Å². The molecule has 7 heteroatoms. The Hall–Kier alpha value is -2.80. The number of carbonyl (C=O) groups is 2. The number of aromatic hydroxyl groups is 1. The van der Waals surface area contributed by atoms with Gasteiger partial charge in [0.05, 0.1) is 18.8 Å². The molecular weight excluding hydrogens is 410 g/mol. The van der Waals surface area contributed by atoms with Crippen LogP contribution in [0.25, 0.3) is 0 Å². The second-order valence-corrected chi connectivity index (χ2v) is 9.59. The van der Waals surface area contributed by atoms with Crippen LogP contribution in [0.3, 0.4) is 0 Å². The molecule has 7 nitrogen and oxygen atoms in total. The minimum absolute atomic E-state index is 0.000911. The van der Waals surface area contributed by atoms with E-state index in [1.807, 2.05) is 6.92 Å². The number of benzene rings is 1. The third-order valence-corrected chi connectivity index (χ3v) is 6.42. The number of ether oxygens (including phenoxy) is 3. The van der Waals surface area contributed by atoms with Crippen molar-refractivity contribution in [1.82, 2.24) is 5.32 Å². The van der Waals surface area contributed by atoms with Crippen molar-refractivity contribution in [3.8, 4) is 11.5 Å². The van der Waals surface area contributed by atoms with E-state index in [9.17, 15) is 14.7 Å². The molecule has 172 valence electrons. The van der Waals surface area contributed by atoms with E-state index in [1.54, 1.807) is 18.2 Å². The number of nitrogens with one attached hydrogen (secondary N) is 1. The Morgan fingerprint density at radius 2 is 2.09 bits per heavy atom. The van der Waals surface area contributed by atoms with Gasteiger partial charge in [-0.05, 0) is 49.3 Å². The standard InChI is InChI=1S/C25H31NO6/c1-14-21(24(29)32-13-16-6-5-9-31-16)22(15-7-8-20(30-4)18(27)10-15)23-17(26-14)11-25(2,3)12-19(23)28/h7-8,10,16,22,26-27H,5-6,9,11-13H2,1-4H3/t16-,22-/m0/s1. The number of hydrogen-bond acceptors (Lipinski definition) is 7. The van der Waals surface area contributed by atoms with Gasteiger partial charge in [-0.1, -0.05) is 19.9 Å². The fourth-order valence-corrected chi connectivity index (χ4v) is 4.95. The minimum atomic E-state index is -0.622. The normalized spacial score (nSPS) is 24.8. The van der Waals surface area contributed by atoms with Crippen molar-refractivity contribution >= 4 is 11.8 Å². The SMILES string of the molecule is COc1ccc([C@H]2C(C(=O)OC[C@@H]3CCCO3)=C(C)NC3=C2C(=O)CC(C)(C)C3)cc1O. The first-order valence-electron chi connectivity index (χ1n) is 11.1. The van der Waals surface area contributed by atoms with Gasteiger partial charge in [-0.2, -0.15) is 0 Å². The van der Waals surface area contributed by atoms with E-state index in [1.165, 1.54) is 7.11 Å². The summed E-state index contributed by atoms with van der Waals surface area (Å²) in [6, 6.07) is 4.99. The van der Waals surface area contributed by atoms with Gasteiger partial charge in [0.15, 0.2) is 17.3 Å². The Balaban J connectivity index is 1.74. The summed E-state index contributed by atoms with van der Waals surface area (Å²) in [5.41, 5.74) is 2.93. The summed E-state index contributed by atoms with van der Waals surface area (Å²) in [7, 11) is 1.48. The maximum absolute atomic E-state index is 13.3. The molecule has 1 aromatic rings. The van der Waals surface area contributed by atoms with Gasteiger partial charge in [0, 0.05) is 35.9 Å². The van der Waals surface area contributed by atoms with Crippen molar-refractivity contribution in [3.63, 3.8) is 0 Å². The number of dihydropyridines is 1. The van der Waals surface area contributed by atoms with Crippen LogP contribution in [0.2, 0.25) is 0 Å². The second-order valence-electron chi connectivity index (χ2n) is 9.59. The molecule has 3 aliphatic rings. The topological polar surface area (TPSA) is 94.1 Å². The van der Waals surface area contributed by atoms with Gasteiger partial charge in [0.1, 0.15) is 6.61 Å². The fourth-order valence-electron chi connectivity index (χ4n) is 4.95. The molecule has 0 amide bonds. The van der Waals surface area contributed by atoms with E-state index in [2.05, 4.69) is 19.2 Å². The Morgan fingerprint density at radius 1 is 1.31 bits per heavy atom. The van der Waals surface area contributed by atoms with Gasteiger partial charge in [0.2, 0.25) is 0 Å². The highest BCUT2D eigenvalue weighted by Crippen LogP contribution is 2.47. The Bertz CT molecular complexity index is 1000. The molecule has 0 aromatic heterocycles. The fraction of sp³-hybridized carbons (Fsp3) is 0.520. The van der Waals surface area contributed by atoms with Gasteiger partial charge in [-0.3, -0.25) is 4.79 Å². The second kappa shape index (κ2) is 8.62. The van der Waals surface area contributed by atoms with Gasteiger partial charge < -0.3 is 24.6 Å². The zero-order valence-electron chi connectivity index (χ0n) is 19.1. The van der Waals surface area contributed by atoms with E-state index in [0.717, 1.165) is 18.5 Å². The van der Waals surface area contributed by atoms with Crippen LogP contribution in [0.15, 0.2) is 40.7 Å². The van der Waals surface area contributed by atoms with Gasteiger partial charge in [0.25, 0.3) is 0 Å². The molecule has 1 fully saturated rings. The van der Waals surface area contributed by atoms with Crippen LogP contribution in [0.4, 0.5) is 0 Å². The third-order valence-electron chi connectivity index (χ3n) is 6.42. The molecule has 1 aromatic carbocycles. The highest BCUT2D eigenvalue weighted by Gasteiger charge is 2.43. The Morgan fingerprint density at radius 3 is 2.75 bits per heavy atom. The molecule has 4 rings (SSSR count). The van der Waals surface area contributed by atoms with Crippen LogP contribution >= 0.6 is 0 Å². The number of ketones is 1. The lowest BCUT2D eigenvalue weighted by atomic mass is 9.68. The number of phenolic OH excluding ortho intramolecular Hbond substituents is 1. The average Bonchev–Trinajstić information content (AvgIpc) is 3.23.